The van der Waals surface area contributed by atoms with Crippen LogP contribution in [0.3, 0.4) is 0 Å². The van der Waals surface area contributed by atoms with Crippen molar-refractivity contribution in [2.24, 2.45) is 11.5 Å². The van der Waals surface area contributed by atoms with Crippen LogP contribution in [0, 0.1) is 0 Å². The summed E-state index contributed by atoms with van der Waals surface area (Å²) < 4.78 is 99.2. The second kappa shape index (κ2) is 62.9. The van der Waals surface area contributed by atoms with E-state index in [1.807, 2.05) is 0 Å². The Hall–Kier alpha value is -1.08. The van der Waals surface area contributed by atoms with Crippen LogP contribution in [0.4, 0.5) is 0 Å². The van der Waals surface area contributed by atoms with Gasteiger partial charge < -0.3 is 102 Å². The lowest BCUT2D eigenvalue weighted by Gasteiger charge is -2.22. The van der Waals surface area contributed by atoms with Gasteiger partial charge >= 0.3 is 5.97 Å². The number of nitrogens with two attached hydrogens (primary N) is 2. The molecule has 0 spiro atoms. The minimum atomic E-state index is -0.882. The van der Waals surface area contributed by atoms with Gasteiger partial charge in [-0.15, -0.1) is 12.4 Å². The minimum Gasteiger partial charge on any atom is -0.481 e. The van der Waals surface area contributed by atoms with Crippen molar-refractivity contribution in [3.8, 4) is 0 Å². The Bertz CT molecular complexity index is 879. The van der Waals surface area contributed by atoms with Crippen LogP contribution in [0.2, 0.25) is 0 Å². The molecule has 0 aromatic heterocycles. The first kappa shape index (κ1) is 68.0. The van der Waals surface area contributed by atoms with Crippen LogP contribution in [0.1, 0.15) is 6.42 Å². The first-order valence-electron chi connectivity index (χ1n) is 23.4. The summed E-state index contributed by atoms with van der Waals surface area (Å²) in [5, 5.41) is 8.56. The van der Waals surface area contributed by atoms with E-state index in [-0.39, 0.29) is 25.4 Å². The molecule has 0 aliphatic rings. The molecule has 24 heteroatoms. The fourth-order valence-corrected chi connectivity index (χ4v) is 4.85. The van der Waals surface area contributed by atoms with Gasteiger partial charge in [-0.3, -0.25) is 9.69 Å². The lowest BCUT2D eigenvalue weighted by atomic mass is 10.4. The second-order valence-electron chi connectivity index (χ2n) is 13.6. The molecule has 404 valence electrons. The summed E-state index contributed by atoms with van der Waals surface area (Å²) in [6.07, 6.45) is -0.0144. The van der Waals surface area contributed by atoms with E-state index >= 15 is 0 Å². The van der Waals surface area contributed by atoms with E-state index in [0.717, 1.165) is 0 Å². The fourth-order valence-electron chi connectivity index (χ4n) is 4.85. The summed E-state index contributed by atoms with van der Waals surface area (Å²) in [6, 6.07) is 0. The van der Waals surface area contributed by atoms with Crippen molar-refractivity contribution in [1.82, 2.24) is 4.90 Å². The van der Waals surface area contributed by atoms with E-state index in [4.69, 9.17) is 102 Å². The predicted octanol–water partition coefficient (Wildman–Crippen LogP) is -0.599. The van der Waals surface area contributed by atoms with Crippen LogP contribution in [-0.4, -0.2) is 287 Å². The second-order valence-corrected chi connectivity index (χ2v) is 13.6. The Balaban J connectivity index is 0. The number of aliphatic carboxylic acids is 1. The van der Waals surface area contributed by atoms with E-state index < -0.39 is 5.97 Å². The monoisotopic (exact) mass is 1000 g/mol. The summed E-state index contributed by atoms with van der Waals surface area (Å²) in [7, 11) is 0. The smallest absolute Gasteiger partial charge is 0.305 e. The van der Waals surface area contributed by atoms with Gasteiger partial charge in [-0.1, -0.05) is 0 Å². The molecule has 0 radical (unpaired) electrons. The molecule has 0 saturated carbocycles. The Morgan fingerprint density at radius 1 is 0.269 bits per heavy atom. The van der Waals surface area contributed by atoms with Crippen LogP contribution in [0.15, 0.2) is 0 Å². The van der Waals surface area contributed by atoms with Gasteiger partial charge in [0.25, 0.3) is 0 Å². The number of carbonyl (C=O) groups is 1. The maximum Gasteiger partial charge on any atom is 0.305 e. The topological polar surface area (TPSA) is 259 Å². The molecule has 0 rings (SSSR count). The summed E-state index contributed by atoms with van der Waals surface area (Å²) in [5.74, 6) is -0.882. The largest absolute Gasteiger partial charge is 0.481 e. The van der Waals surface area contributed by atoms with E-state index in [0.29, 0.717) is 264 Å². The fraction of sp³-hybridized carbons (Fsp3) is 0.977. The molecular weight excluding hydrogens is 914 g/mol. The van der Waals surface area contributed by atoms with Gasteiger partial charge in [0, 0.05) is 32.7 Å². The Morgan fingerprint density at radius 2 is 0.418 bits per heavy atom. The van der Waals surface area contributed by atoms with E-state index in [1.165, 1.54) is 0 Å². The van der Waals surface area contributed by atoms with E-state index in [9.17, 15) is 4.79 Å². The van der Waals surface area contributed by atoms with Crippen molar-refractivity contribution in [1.29, 1.82) is 0 Å². The molecule has 0 aliphatic heterocycles. The van der Waals surface area contributed by atoms with Crippen molar-refractivity contribution in [3.05, 3.63) is 0 Å². The molecule has 0 atom stereocenters. The lowest BCUT2D eigenvalue weighted by Crippen LogP contribution is -2.34. The van der Waals surface area contributed by atoms with Gasteiger partial charge in [-0.05, 0) is 0 Å². The Kier molecular flexibility index (Phi) is 63.9. The highest BCUT2D eigenvalue weighted by Gasteiger charge is 2.06. The highest BCUT2D eigenvalue weighted by atomic mass is 35.5. The number of halogens is 1. The molecule has 0 aromatic carbocycles. The SMILES string of the molecule is Cl.NCCOCCOCCOCCOCCOCCOCCN(CCOCCOCCOCCOCCOCCOCCN)CCOCCOCCOCCOCCOCCOCCC(=O)O. The van der Waals surface area contributed by atoms with Crippen LogP contribution >= 0.6 is 12.4 Å². The van der Waals surface area contributed by atoms with Gasteiger partial charge in [0.15, 0.2) is 0 Å². The van der Waals surface area contributed by atoms with Crippen molar-refractivity contribution < 1.29 is 95.2 Å². The number of rotatable bonds is 61. The Morgan fingerprint density at radius 3 is 0.582 bits per heavy atom. The molecule has 0 unspecified atom stereocenters. The van der Waals surface area contributed by atoms with Gasteiger partial charge in [-0.2, -0.15) is 0 Å². The third-order valence-corrected chi connectivity index (χ3v) is 8.22. The lowest BCUT2D eigenvalue weighted by molar-refractivity contribution is -0.138. The molecule has 5 N–H and O–H groups in total. The van der Waals surface area contributed by atoms with Crippen LogP contribution in [0.25, 0.3) is 0 Å². The molecule has 67 heavy (non-hydrogen) atoms. The maximum absolute atomic E-state index is 10.4. The van der Waals surface area contributed by atoms with E-state index in [2.05, 4.69) is 4.90 Å². The average Bonchev–Trinajstić information content (AvgIpc) is 3.31. The zero-order chi connectivity index (χ0) is 47.6. The summed E-state index contributed by atoms with van der Waals surface area (Å²) in [6.45, 7) is 20.4. The number of nitrogens with zero attached hydrogens (tertiary/aromatic N) is 1. The highest BCUT2D eigenvalue weighted by Crippen LogP contribution is 1.94. The number of ether oxygens (including phenoxy) is 18. The predicted molar refractivity (Wildman–Crippen MR) is 249 cm³/mol. The molecule has 23 nitrogen and oxygen atoms in total. The standard InChI is InChI=1S/C43H89N3O20.ClH/c44-2-8-50-14-20-56-26-32-62-38-41-65-35-29-59-23-17-53-11-5-46(6-12-54-18-24-60-30-36-66-42-39-63-33-27-57-21-15-51-9-3-45)4-10-52-16-22-58-28-34-64-40-37-61-31-25-55-19-13-49-7-1-43(47)48;/h1-42,44-45H2,(H,47,48);1H. The van der Waals surface area contributed by atoms with Crippen molar-refractivity contribution in [3.63, 3.8) is 0 Å². The number of hydrogen-bond acceptors (Lipinski definition) is 22. The average molecular weight is 1000 g/mol. The first-order chi connectivity index (χ1) is 32.7. The molecule has 0 bridgehead atoms. The number of hydrogen-bond donors (Lipinski definition) is 3. The quantitative estimate of drug-likeness (QED) is 0.0643. The van der Waals surface area contributed by atoms with Gasteiger partial charge in [-0.25, -0.2) is 0 Å². The zero-order valence-corrected chi connectivity index (χ0v) is 41.2. The first-order valence-corrected chi connectivity index (χ1v) is 23.4. The molecule has 0 heterocycles. The molecular formula is C43H90ClN3O20. The van der Waals surface area contributed by atoms with Crippen LogP contribution in [0.5, 0.6) is 0 Å². The van der Waals surface area contributed by atoms with Gasteiger partial charge in [0.2, 0.25) is 0 Å². The molecule has 0 aromatic rings. The van der Waals surface area contributed by atoms with Crippen LogP contribution in [-0.2, 0) is 90.1 Å². The minimum absolute atomic E-state index is 0. The number of carboxylic acid groups (broad SMARTS) is 1. The molecule has 0 fully saturated rings. The molecule has 0 amide bonds. The zero-order valence-electron chi connectivity index (χ0n) is 40.4. The third kappa shape index (κ3) is 62.9. The van der Waals surface area contributed by atoms with Gasteiger partial charge in [0.1, 0.15) is 0 Å². The highest BCUT2D eigenvalue weighted by molar-refractivity contribution is 5.85. The van der Waals surface area contributed by atoms with Crippen LogP contribution < -0.4 is 11.5 Å². The van der Waals surface area contributed by atoms with Gasteiger partial charge in [0.05, 0.1) is 244 Å². The molecule has 0 saturated heterocycles. The third-order valence-electron chi connectivity index (χ3n) is 8.22. The summed E-state index contributed by atoms with van der Waals surface area (Å²) in [4.78, 5) is 12.7. The van der Waals surface area contributed by atoms with Crippen molar-refractivity contribution >= 4 is 18.4 Å². The normalized spacial score (nSPS) is 11.6. The van der Waals surface area contributed by atoms with Crippen molar-refractivity contribution in [2.45, 2.75) is 6.42 Å². The Labute approximate surface area is 406 Å². The number of carboxylic acids is 1. The van der Waals surface area contributed by atoms with Crippen molar-refractivity contribution in [2.75, 3.05) is 271 Å². The molecule has 0 aliphatic carbocycles. The summed E-state index contributed by atoms with van der Waals surface area (Å²) >= 11 is 0. The maximum atomic E-state index is 10.4. The summed E-state index contributed by atoms with van der Waals surface area (Å²) in [5.41, 5.74) is 10.7. The van der Waals surface area contributed by atoms with E-state index in [1.54, 1.807) is 0 Å².